The quantitative estimate of drug-likeness (QED) is 0.636. The summed E-state index contributed by atoms with van der Waals surface area (Å²) < 4.78 is 11.4. The Kier molecular flexibility index (Phi) is 6.56. The first-order chi connectivity index (χ1) is 13.0. The van der Waals surface area contributed by atoms with Gasteiger partial charge in [-0.1, -0.05) is 6.07 Å². The molecule has 0 aliphatic carbocycles. The third-order valence-corrected chi connectivity index (χ3v) is 5.61. The molecule has 0 saturated carbocycles. The maximum atomic E-state index is 12.6. The smallest absolute Gasteiger partial charge is 0.294 e. The largest absolute Gasteiger partial charge is 0.493 e. The molecule has 0 spiro atoms. The second kappa shape index (κ2) is 8.90. The number of rotatable bonds is 5. The number of hydrogen-bond acceptors (Lipinski definition) is 6. The normalized spacial score (nSPS) is 19.1. The van der Waals surface area contributed by atoms with Gasteiger partial charge < -0.3 is 14.4 Å². The number of ether oxygens (including phenoxy) is 2. The molecule has 3 rings (SSSR count). The lowest BCUT2D eigenvalue weighted by atomic mass is 10.2. The predicted molar refractivity (Wildman–Crippen MR) is 105 cm³/mol. The number of nitrogens with zero attached hydrogens (tertiary/aromatic N) is 2. The second-order valence-corrected chi connectivity index (χ2v) is 7.73. The molecule has 0 unspecified atom stereocenters. The number of thioether (sulfide) groups is 1. The van der Waals surface area contributed by atoms with Crippen LogP contribution in [-0.4, -0.2) is 66.3 Å². The zero-order chi connectivity index (χ0) is 19.4. The van der Waals surface area contributed by atoms with Crippen LogP contribution in [0.5, 0.6) is 5.75 Å². The van der Waals surface area contributed by atoms with Gasteiger partial charge in [-0.15, -0.1) is 0 Å². The van der Waals surface area contributed by atoms with Gasteiger partial charge in [0, 0.05) is 13.1 Å². The maximum Gasteiger partial charge on any atom is 0.294 e. The average molecular weight is 455 g/mol. The van der Waals surface area contributed by atoms with Gasteiger partial charge in [-0.2, -0.15) is 0 Å². The molecule has 9 heteroatoms. The Morgan fingerprint density at radius 3 is 2.74 bits per heavy atom. The van der Waals surface area contributed by atoms with E-state index < -0.39 is 11.1 Å². The van der Waals surface area contributed by atoms with Crippen molar-refractivity contribution in [3.63, 3.8) is 0 Å². The highest BCUT2D eigenvalue weighted by Crippen LogP contribution is 2.33. The van der Waals surface area contributed by atoms with E-state index in [1.54, 1.807) is 17.0 Å². The van der Waals surface area contributed by atoms with E-state index in [1.165, 1.54) is 0 Å². The van der Waals surface area contributed by atoms with Crippen molar-refractivity contribution in [3.8, 4) is 5.75 Å². The van der Waals surface area contributed by atoms with Gasteiger partial charge >= 0.3 is 0 Å². The van der Waals surface area contributed by atoms with Crippen molar-refractivity contribution in [1.82, 2.24) is 9.80 Å². The van der Waals surface area contributed by atoms with Crippen LogP contribution in [0.15, 0.2) is 27.6 Å². The van der Waals surface area contributed by atoms with E-state index in [4.69, 9.17) is 9.47 Å². The molecule has 0 N–H and O–H groups in total. The van der Waals surface area contributed by atoms with E-state index in [-0.39, 0.29) is 12.5 Å². The number of morpholine rings is 1. The van der Waals surface area contributed by atoms with Crippen LogP contribution in [0.25, 0.3) is 6.08 Å². The summed E-state index contributed by atoms with van der Waals surface area (Å²) in [6.07, 6.45) is 1.64. The van der Waals surface area contributed by atoms with Crippen molar-refractivity contribution < 1.29 is 23.9 Å². The number of amides is 3. The van der Waals surface area contributed by atoms with E-state index in [2.05, 4.69) is 15.9 Å². The van der Waals surface area contributed by atoms with Crippen LogP contribution in [0.1, 0.15) is 12.5 Å². The first-order valence-electron chi connectivity index (χ1n) is 8.53. The third kappa shape index (κ3) is 4.72. The van der Waals surface area contributed by atoms with Gasteiger partial charge in [0.15, 0.2) is 0 Å². The number of hydrogen-bond donors (Lipinski definition) is 0. The molecule has 2 fully saturated rings. The lowest BCUT2D eigenvalue weighted by Crippen LogP contribution is -2.46. The molecule has 3 amide bonds. The van der Waals surface area contributed by atoms with E-state index in [0.29, 0.717) is 43.6 Å². The van der Waals surface area contributed by atoms with Crippen molar-refractivity contribution in [2.75, 3.05) is 39.5 Å². The minimum Gasteiger partial charge on any atom is -0.493 e. The zero-order valence-electron chi connectivity index (χ0n) is 14.8. The minimum atomic E-state index is -0.448. The van der Waals surface area contributed by atoms with Crippen LogP contribution in [0.4, 0.5) is 4.79 Å². The lowest BCUT2D eigenvalue weighted by Gasteiger charge is -2.28. The monoisotopic (exact) mass is 454 g/mol. The molecule has 2 saturated heterocycles. The highest BCUT2D eigenvalue weighted by Gasteiger charge is 2.37. The van der Waals surface area contributed by atoms with Gasteiger partial charge in [0.2, 0.25) is 5.91 Å². The van der Waals surface area contributed by atoms with Crippen molar-refractivity contribution in [2.24, 2.45) is 0 Å². The molecule has 2 aliphatic heterocycles. The Balaban J connectivity index is 1.70. The SMILES string of the molecule is CCOc1ccc(/C=C2/SC(=O)N(CC(=O)N3CCOCC3)C2=O)cc1Br. The average Bonchev–Trinajstić information content (AvgIpc) is 2.92. The Morgan fingerprint density at radius 1 is 1.33 bits per heavy atom. The Morgan fingerprint density at radius 2 is 2.07 bits per heavy atom. The molecular weight excluding hydrogens is 436 g/mol. The van der Waals surface area contributed by atoms with Crippen LogP contribution in [0.3, 0.4) is 0 Å². The zero-order valence-corrected chi connectivity index (χ0v) is 17.2. The summed E-state index contributed by atoms with van der Waals surface area (Å²) in [5.74, 6) is 0.0149. The number of imide groups is 1. The molecule has 7 nitrogen and oxygen atoms in total. The van der Waals surface area contributed by atoms with E-state index in [0.717, 1.165) is 26.7 Å². The summed E-state index contributed by atoms with van der Waals surface area (Å²) in [5.41, 5.74) is 0.760. The Hall–Kier alpha value is -1.84. The number of benzene rings is 1. The Labute approximate surface area is 169 Å². The Bertz CT molecular complexity index is 792. The number of halogens is 1. The lowest BCUT2D eigenvalue weighted by molar-refractivity contribution is -0.139. The van der Waals surface area contributed by atoms with Gasteiger partial charge in [0.25, 0.3) is 11.1 Å². The van der Waals surface area contributed by atoms with E-state index >= 15 is 0 Å². The van der Waals surface area contributed by atoms with Crippen molar-refractivity contribution >= 4 is 50.8 Å². The van der Waals surface area contributed by atoms with Crippen LogP contribution < -0.4 is 4.74 Å². The first-order valence-corrected chi connectivity index (χ1v) is 10.1. The number of carbonyl (C=O) groups is 3. The van der Waals surface area contributed by atoms with Crippen LogP contribution in [0.2, 0.25) is 0 Å². The molecule has 0 bridgehead atoms. The van der Waals surface area contributed by atoms with Gasteiger partial charge in [-0.3, -0.25) is 19.3 Å². The predicted octanol–water partition coefficient (Wildman–Crippen LogP) is 2.74. The molecular formula is C18H19BrN2O5S. The standard InChI is InChI=1S/C18H19BrN2O5S/c1-2-26-14-4-3-12(9-13(14)19)10-15-17(23)21(18(24)27-15)11-16(22)20-5-7-25-8-6-20/h3-4,9-10H,2,5-8,11H2,1H3/b15-10+. The highest BCUT2D eigenvalue weighted by molar-refractivity contribution is 9.10. The summed E-state index contributed by atoms with van der Waals surface area (Å²) in [6, 6.07) is 5.42. The van der Waals surface area contributed by atoms with Crippen molar-refractivity contribution in [2.45, 2.75) is 6.92 Å². The molecule has 0 aromatic heterocycles. The molecule has 1 aromatic rings. The summed E-state index contributed by atoms with van der Waals surface area (Å²) in [6.45, 7) is 4.11. The summed E-state index contributed by atoms with van der Waals surface area (Å²) in [5, 5.41) is -0.433. The fraction of sp³-hybridized carbons (Fsp3) is 0.389. The van der Waals surface area contributed by atoms with Crippen LogP contribution in [-0.2, 0) is 14.3 Å². The maximum absolute atomic E-state index is 12.6. The highest BCUT2D eigenvalue weighted by atomic mass is 79.9. The van der Waals surface area contributed by atoms with Crippen LogP contribution >= 0.6 is 27.7 Å². The molecule has 1 aromatic carbocycles. The molecule has 144 valence electrons. The molecule has 2 aliphatic rings. The first kappa shape index (κ1) is 19.9. The molecule has 2 heterocycles. The van der Waals surface area contributed by atoms with Crippen molar-refractivity contribution in [3.05, 3.63) is 33.1 Å². The summed E-state index contributed by atoms with van der Waals surface area (Å²) >= 11 is 4.27. The molecule has 27 heavy (non-hydrogen) atoms. The fourth-order valence-electron chi connectivity index (χ4n) is 2.72. The van der Waals surface area contributed by atoms with Gasteiger partial charge in [-0.25, -0.2) is 0 Å². The molecule has 0 radical (unpaired) electrons. The second-order valence-electron chi connectivity index (χ2n) is 5.88. The van der Waals surface area contributed by atoms with E-state index in [1.807, 2.05) is 19.1 Å². The van der Waals surface area contributed by atoms with Gasteiger partial charge in [-0.05, 0) is 58.4 Å². The summed E-state index contributed by atoms with van der Waals surface area (Å²) in [7, 11) is 0. The van der Waals surface area contributed by atoms with Gasteiger partial charge in [0.05, 0.1) is 29.2 Å². The topological polar surface area (TPSA) is 76.2 Å². The van der Waals surface area contributed by atoms with Gasteiger partial charge in [0.1, 0.15) is 12.3 Å². The van der Waals surface area contributed by atoms with E-state index in [9.17, 15) is 14.4 Å². The third-order valence-electron chi connectivity index (χ3n) is 4.08. The summed E-state index contributed by atoms with van der Waals surface area (Å²) in [4.78, 5) is 40.0. The van der Waals surface area contributed by atoms with Crippen LogP contribution in [0, 0.1) is 0 Å². The fourth-order valence-corrected chi connectivity index (χ4v) is 4.06. The number of carbonyl (C=O) groups excluding carboxylic acids is 3. The van der Waals surface area contributed by atoms with Crippen molar-refractivity contribution in [1.29, 1.82) is 0 Å². The minimum absolute atomic E-state index is 0.241. The molecule has 0 atom stereocenters.